The fourth-order valence-corrected chi connectivity index (χ4v) is 3.02. The van der Waals surface area contributed by atoms with Crippen LogP contribution in [-0.4, -0.2) is 27.8 Å². The van der Waals surface area contributed by atoms with Crippen molar-refractivity contribution < 1.29 is 8.42 Å². The van der Waals surface area contributed by atoms with Crippen LogP contribution in [0.4, 0.5) is 0 Å². The molecule has 0 radical (unpaired) electrons. The van der Waals surface area contributed by atoms with Gasteiger partial charge in [-0.15, -0.1) is 0 Å². The molecule has 1 aromatic rings. The minimum Gasteiger partial charge on any atom is -0.316 e. The SMILES string of the molecule is CC(c1ccc(S(C)(=O)=O)cc1)C1CCNC1. The van der Waals surface area contributed by atoms with Crippen molar-refractivity contribution in [2.75, 3.05) is 19.3 Å². The van der Waals surface area contributed by atoms with E-state index < -0.39 is 9.84 Å². The third kappa shape index (κ3) is 2.87. The monoisotopic (exact) mass is 253 g/mol. The zero-order chi connectivity index (χ0) is 12.5. The number of sulfone groups is 1. The Hall–Kier alpha value is -0.870. The first-order valence-electron chi connectivity index (χ1n) is 5.99. The van der Waals surface area contributed by atoms with E-state index in [1.807, 2.05) is 12.1 Å². The standard InChI is InChI=1S/C13H19NO2S/c1-10(12-7-8-14-9-12)11-3-5-13(6-4-11)17(2,15)16/h3-6,10,12,14H,7-9H2,1-2H3. The second-order valence-corrected chi connectivity index (χ2v) is 6.90. The lowest BCUT2D eigenvalue weighted by Crippen LogP contribution is -2.14. The molecular weight excluding hydrogens is 234 g/mol. The zero-order valence-corrected chi connectivity index (χ0v) is 11.1. The van der Waals surface area contributed by atoms with Crippen LogP contribution >= 0.6 is 0 Å². The van der Waals surface area contributed by atoms with Gasteiger partial charge >= 0.3 is 0 Å². The summed E-state index contributed by atoms with van der Waals surface area (Å²) in [6.45, 7) is 4.37. The van der Waals surface area contributed by atoms with E-state index in [9.17, 15) is 8.42 Å². The lowest BCUT2D eigenvalue weighted by Gasteiger charge is -2.18. The van der Waals surface area contributed by atoms with Crippen LogP contribution in [0.15, 0.2) is 29.2 Å². The Labute approximate surface area is 103 Å². The third-order valence-corrected chi connectivity index (χ3v) is 4.77. The highest BCUT2D eigenvalue weighted by Crippen LogP contribution is 2.29. The molecule has 0 aliphatic carbocycles. The average molecular weight is 253 g/mol. The van der Waals surface area contributed by atoms with Crippen molar-refractivity contribution in [2.45, 2.75) is 24.2 Å². The molecule has 4 heteroatoms. The normalized spacial score (nSPS) is 22.6. The van der Waals surface area contributed by atoms with E-state index in [-0.39, 0.29) is 0 Å². The summed E-state index contributed by atoms with van der Waals surface area (Å²) in [5, 5.41) is 3.36. The van der Waals surface area contributed by atoms with E-state index in [4.69, 9.17) is 0 Å². The van der Waals surface area contributed by atoms with E-state index in [1.54, 1.807) is 12.1 Å². The molecule has 1 aliphatic rings. The van der Waals surface area contributed by atoms with Gasteiger partial charge in [-0.1, -0.05) is 19.1 Å². The second kappa shape index (κ2) is 4.78. The summed E-state index contributed by atoms with van der Waals surface area (Å²) in [5.74, 6) is 1.15. The van der Waals surface area contributed by atoms with E-state index in [1.165, 1.54) is 18.2 Å². The Morgan fingerprint density at radius 2 is 1.94 bits per heavy atom. The Bertz CT molecular complexity index is 473. The molecule has 1 N–H and O–H groups in total. The van der Waals surface area contributed by atoms with E-state index in [2.05, 4.69) is 12.2 Å². The first kappa shape index (κ1) is 12.6. The molecule has 0 amide bonds. The van der Waals surface area contributed by atoms with Gasteiger partial charge in [-0.2, -0.15) is 0 Å². The van der Waals surface area contributed by atoms with Crippen LogP contribution in [0, 0.1) is 5.92 Å². The summed E-state index contributed by atoms with van der Waals surface area (Å²) < 4.78 is 22.7. The molecule has 2 atom stereocenters. The smallest absolute Gasteiger partial charge is 0.175 e. The van der Waals surface area contributed by atoms with Gasteiger partial charge in [0.05, 0.1) is 4.90 Å². The molecular formula is C13H19NO2S. The van der Waals surface area contributed by atoms with Gasteiger partial charge in [0, 0.05) is 6.26 Å². The quantitative estimate of drug-likeness (QED) is 0.893. The van der Waals surface area contributed by atoms with Crippen molar-refractivity contribution in [2.24, 2.45) is 5.92 Å². The predicted molar refractivity (Wildman–Crippen MR) is 68.9 cm³/mol. The lowest BCUT2D eigenvalue weighted by molar-refractivity contribution is 0.487. The molecule has 0 bridgehead atoms. The number of nitrogens with one attached hydrogen (secondary N) is 1. The van der Waals surface area contributed by atoms with Gasteiger partial charge in [0.15, 0.2) is 9.84 Å². The molecule has 2 rings (SSSR count). The minimum absolute atomic E-state index is 0.401. The molecule has 1 aliphatic heterocycles. The number of hydrogen-bond acceptors (Lipinski definition) is 3. The highest BCUT2D eigenvalue weighted by molar-refractivity contribution is 7.90. The lowest BCUT2D eigenvalue weighted by atomic mass is 9.87. The van der Waals surface area contributed by atoms with Crippen LogP contribution in [0.1, 0.15) is 24.8 Å². The molecule has 1 aromatic carbocycles. The van der Waals surface area contributed by atoms with Gasteiger partial charge in [0.2, 0.25) is 0 Å². The van der Waals surface area contributed by atoms with Crippen LogP contribution in [0.5, 0.6) is 0 Å². The van der Waals surface area contributed by atoms with Gasteiger partial charge in [0.1, 0.15) is 0 Å². The molecule has 0 spiro atoms. The summed E-state index contributed by atoms with van der Waals surface area (Å²) in [7, 11) is -3.08. The summed E-state index contributed by atoms with van der Waals surface area (Å²) in [5.41, 5.74) is 1.23. The van der Waals surface area contributed by atoms with Crippen LogP contribution < -0.4 is 5.32 Å². The van der Waals surface area contributed by atoms with Gasteiger partial charge in [-0.3, -0.25) is 0 Å². The van der Waals surface area contributed by atoms with Crippen molar-refractivity contribution >= 4 is 9.84 Å². The van der Waals surface area contributed by atoms with Crippen LogP contribution in [0.3, 0.4) is 0 Å². The Morgan fingerprint density at radius 3 is 2.41 bits per heavy atom. The molecule has 1 fully saturated rings. The maximum Gasteiger partial charge on any atom is 0.175 e. The molecule has 17 heavy (non-hydrogen) atoms. The highest BCUT2D eigenvalue weighted by atomic mass is 32.2. The van der Waals surface area contributed by atoms with E-state index >= 15 is 0 Å². The topological polar surface area (TPSA) is 46.2 Å². The number of rotatable bonds is 3. The molecule has 0 aromatic heterocycles. The first-order chi connectivity index (χ1) is 7.98. The summed E-state index contributed by atoms with van der Waals surface area (Å²) in [6.07, 6.45) is 2.45. The molecule has 94 valence electrons. The number of hydrogen-bond donors (Lipinski definition) is 1. The van der Waals surface area contributed by atoms with Crippen molar-refractivity contribution in [3.05, 3.63) is 29.8 Å². The van der Waals surface area contributed by atoms with Gasteiger partial charge < -0.3 is 5.32 Å². The van der Waals surface area contributed by atoms with Crippen LogP contribution in [-0.2, 0) is 9.84 Å². The summed E-state index contributed by atoms with van der Waals surface area (Å²) >= 11 is 0. The van der Waals surface area contributed by atoms with Gasteiger partial charge in [-0.05, 0) is 49.0 Å². The van der Waals surface area contributed by atoms with Gasteiger partial charge in [0.25, 0.3) is 0 Å². The average Bonchev–Trinajstić information content (AvgIpc) is 2.80. The number of benzene rings is 1. The van der Waals surface area contributed by atoms with Crippen molar-refractivity contribution in [3.63, 3.8) is 0 Å². The van der Waals surface area contributed by atoms with Crippen LogP contribution in [0.2, 0.25) is 0 Å². The summed E-state index contributed by atoms with van der Waals surface area (Å²) in [6, 6.07) is 7.31. The second-order valence-electron chi connectivity index (χ2n) is 4.88. The predicted octanol–water partition coefficient (Wildman–Crippen LogP) is 1.80. The van der Waals surface area contributed by atoms with Crippen LogP contribution in [0.25, 0.3) is 0 Å². The van der Waals surface area contributed by atoms with Gasteiger partial charge in [-0.25, -0.2) is 8.42 Å². The van der Waals surface area contributed by atoms with Crippen molar-refractivity contribution in [3.8, 4) is 0 Å². The maximum atomic E-state index is 11.4. The maximum absolute atomic E-state index is 11.4. The van der Waals surface area contributed by atoms with E-state index in [0.29, 0.717) is 16.7 Å². The molecule has 0 saturated carbocycles. The van der Waals surface area contributed by atoms with Crippen molar-refractivity contribution in [1.29, 1.82) is 0 Å². The third-order valence-electron chi connectivity index (χ3n) is 3.64. The molecule has 2 unspecified atom stereocenters. The molecule has 1 saturated heterocycles. The summed E-state index contributed by atoms with van der Waals surface area (Å²) in [4.78, 5) is 0.401. The van der Waals surface area contributed by atoms with Crippen molar-refractivity contribution in [1.82, 2.24) is 5.32 Å². The molecule has 1 heterocycles. The highest BCUT2D eigenvalue weighted by Gasteiger charge is 2.22. The first-order valence-corrected chi connectivity index (χ1v) is 7.88. The fraction of sp³-hybridized carbons (Fsp3) is 0.538. The Balaban J connectivity index is 2.17. The fourth-order valence-electron chi connectivity index (χ4n) is 2.39. The molecule has 3 nitrogen and oxygen atoms in total. The Morgan fingerprint density at radius 1 is 1.29 bits per heavy atom. The largest absolute Gasteiger partial charge is 0.316 e. The van der Waals surface area contributed by atoms with E-state index in [0.717, 1.165) is 13.1 Å². The minimum atomic E-state index is -3.08. The zero-order valence-electron chi connectivity index (χ0n) is 10.3. The Kier molecular flexibility index (Phi) is 3.54.